The van der Waals surface area contributed by atoms with E-state index in [1.165, 1.54) is 7.05 Å². The van der Waals surface area contributed by atoms with Crippen LogP contribution in [0.3, 0.4) is 0 Å². The predicted molar refractivity (Wildman–Crippen MR) is 62.3 cm³/mol. The Morgan fingerprint density at radius 1 is 1.62 bits per heavy atom. The first-order valence-electron chi connectivity index (χ1n) is 5.30. The van der Waals surface area contributed by atoms with Gasteiger partial charge in [-0.15, -0.1) is 0 Å². The van der Waals surface area contributed by atoms with Gasteiger partial charge in [-0.3, -0.25) is 4.79 Å². The summed E-state index contributed by atoms with van der Waals surface area (Å²) in [6.45, 7) is 4.25. The Morgan fingerprint density at radius 3 is 2.75 bits per heavy atom. The van der Waals surface area contributed by atoms with Crippen LogP contribution in [0.1, 0.15) is 26.7 Å². The molecule has 0 aliphatic carbocycles. The molecule has 16 heavy (non-hydrogen) atoms. The zero-order valence-electron chi connectivity index (χ0n) is 9.92. The zero-order chi connectivity index (χ0) is 12.2. The molecule has 4 nitrogen and oxygen atoms in total. The molecule has 1 fully saturated rings. The van der Waals surface area contributed by atoms with E-state index < -0.39 is 0 Å². The summed E-state index contributed by atoms with van der Waals surface area (Å²) in [5, 5.41) is 14.5. The number of carbonyl (C=O) groups is 1. The minimum absolute atomic E-state index is 0.111. The lowest BCUT2D eigenvalue weighted by atomic mass is 10.0. The SMILES string of the molecule is CNC(=O)/C(C#N)=C\C=C1\CCC(C)(C)N1. The molecular formula is C12H17N3O. The molecule has 0 unspecified atom stereocenters. The van der Waals surface area contributed by atoms with Crippen LogP contribution in [0.5, 0.6) is 0 Å². The van der Waals surface area contributed by atoms with E-state index in [2.05, 4.69) is 24.5 Å². The van der Waals surface area contributed by atoms with Gasteiger partial charge in [0, 0.05) is 18.3 Å². The van der Waals surface area contributed by atoms with Crippen molar-refractivity contribution in [3.63, 3.8) is 0 Å². The molecule has 0 aromatic heterocycles. The quantitative estimate of drug-likeness (QED) is 0.542. The average molecular weight is 219 g/mol. The Balaban J connectivity index is 2.75. The second-order valence-corrected chi connectivity index (χ2v) is 4.47. The van der Waals surface area contributed by atoms with E-state index in [0.717, 1.165) is 18.5 Å². The van der Waals surface area contributed by atoms with Crippen molar-refractivity contribution in [3.05, 3.63) is 23.4 Å². The normalized spacial score (nSPS) is 21.4. The molecule has 4 heteroatoms. The van der Waals surface area contributed by atoms with Crippen LogP contribution in [0, 0.1) is 11.3 Å². The van der Waals surface area contributed by atoms with Crippen LogP contribution in [0.4, 0.5) is 0 Å². The number of carbonyl (C=O) groups excluding carboxylic acids is 1. The smallest absolute Gasteiger partial charge is 0.261 e. The van der Waals surface area contributed by atoms with E-state index in [-0.39, 0.29) is 17.0 Å². The topological polar surface area (TPSA) is 64.9 Å². The summed E-state index contributed by atoms with van der Waals surface area (Å²) in [5.74, 6) is -0.350. The Kier molecular flexibility index (Phi) is 3.73. The summed E-state index contributed by atoms with van der Waals surface area (Å²) in [6.07, 6.45) is 5.38. The van der Waals surface area contributed by atoms with Crippen molar-refractivity contribution >= 4 is 5.91 Å². The van der Waals surface area contributed by atoms with Crippen molar-refractivity contribution in [1.29, 1.82) is 5.26 Å². The number of nitrogens with zero attached hydrogens (tertiary/aromatic N) is 1. The summed E-state index contributed by atoms with van der Waals surface area (Å²) in [5.41, 5.74) is 1.31. The Morgan fingerprint density at radius 2 is 2.31 bits per heavy atom. The third-order valence-corrected chi connectivity index (χ3v) is 2.56. The van der Waals surface area contributed by atoms with Gasteiger partial charge in [0.25, 0.3) is 5.91 Å². The maximum atomic E-state index is 11.2. The molecule has 86 valence electrons. The fourth-order valence-corrected chi connectivity index (χ4v) is 1.61. The van der Waals surface area contributed by atoms with E-state index >= 15 is 0 Å². The van der Waals surface area contributed by atoms with Crippen LogP contribution < -0.4 is 10.6 Å². The van der Waals surface area contributed by atoms with Crippen LogP contribution in [0.15, 0.2) is 23.4 Å². The first-order chi connectivity index (χ1) is 7.48. The minimum atomic E-state index is -0.350. The maximum absolute atomic E-state index is 11.2. The third-order valence-electron chi connectivity index (χ3n) is 2.56. The number of likely N-dealkylation sites (N-methyl/N-ethyl adjacent to an activating group) is 1. The lowest BCUT2D eigenvalue weighted by Gasteiger charge is -2.17. The average Bonchev–Trinajstić information content (AvgIpc) is 2.58. The minimum Gasteiger partial charge on any atom is -0.383 e. The molecule has 0 bridgehead atoms. The van der Waals surface area contributed by atoms with E-state index in [1.807, 2.05) is 12.1 Å². The van der Waals surface area contributed by atoms with E-state index in [9.17, 15) is 4.79 Å². The monoisotopic (exact) mass is 219 g/mol. The molecule has 1 heterocycles. The van der Waals surface area contributed by atoms with Gasteiger partial charge in [0.1, 0.15) is 11.6 Å². The lowest BCUT2D eigenvalue weighted by Crippen LogP contribution is -2.30. The van der Waals surface area contributed by atoms with Crippen molar-refractivity contribution in [1.82, 2.24) is 10.6 Å². The van der Waals surface area contributed by atoms with Gasteiger partial charge >= 0.3 is 0 Å². The summed E-state index contributed by atoms with van der Waals surface area (Å²) in [7, 11) is 1.51. The van der Waals surface area contributed by atoms with E-state index in [4.69, 9.17) is 5.26 Å². The van der Waals surface area contributed by atoms with Crippen LogP contribution >= 0.6 is 0 Å². The summed E-state index contributed by atoms with van der Waals surface area (Å²) in [6, 6.07) is 1.87. The van der Waals surface area contributed by atoms with Crippen LogP contribution in [-0.2, 0) is 4.79 Å². The molecule has 1 rings (SSSR count). The molecule has 1 aliphatic rings. The predicted octanol–water partition coefficient (Wildman–Crippen LogP) is 1.23. The Labute approximate surface area is 96.0 Å². The summed E-state index contributed by atoms with van der Waals surface area (Å²) < 4.78 is 0. The molecule has 0 spiro atoms. The highest BCUT2D eigenvalue weighted by Gasteiger charge is 2.24. The second kappa shape index (κ2) is 4.84. The molecule has 1 aliphatic heterocycles. The molecule has 0 radical (unpaired) electrons. The van der Waals surface area contributed by atoms with Gasteiger partial charge < -0.3 is 10.6 Å². The molecular weight excluding hydrogens is 202 g/mol. The molecule has 0 saturated carbocycles. The Hall–Kier alpha value is -1.76. The fourth-order valence-electron chi connectivity index (χ4n) is 1.61. The van der Waals surface area contributed by atoms with Crippen LogP contribution in [0.2, 0.25) is 0 Å². The van der Waals surface area contributed by atoms with Gasteiger partial charge in [0.2, 0.25) is 0 Å². The lowest BCUT2D eigenvalue weighted by molar-refractivity contribution is -0.116. The number of rotatable bonds is 2. The summed E-state index contributed by atoms with van der Waals surface area (Å²) in [4.78, 5) is 11.2. The number of amides is 1. The van der Waals surface area contributed by atoms with E-state index in [1.54, 1.807) is 6.08 Å². The number of hydrogen-bond acceptors (Lipinski definition) is 3. The zero-order valence-corrected chi connectivity index (χ0v) is 9.92. The highest BCUT2D eigenvalue weighted by atomic mass is 16.1. The molecule has 2 N–H and O–H groups in total. The summed E-state index contributed by atoms with van der Waals surface area (Å²) >= 11 is 0. The van der Waals surface area contributed by atoms with Crippen LogP contribution in [0.25, 0.3) is 0 Å². The molecule has 0 aromatic rings. The van der Waals surface area contributed by atoms with Crippen molar-refractivity contribution in [2.75, 3.05) is 7.05 Å². The molecule has 0 aromatic carbocycles. The highest BCUT2D eigenvalue weighted by Crippen LogP contribution is 2.24. The van der Waals surface area contributed by atoms with Crippen LogP contribution in [-0.4, -0.2) is 18.5 Å². The molecule has 1 amide bonds. The van der Waals surface area contributed by atoms with E-state index in [0.29, 0.717) is 0 Å². The van der Waals surface area contributed by atoms with Gasteiger partial charge in [-0.1, -0.05) is 0 Å². The first kappa shape index (κ1) is 12.3. The van der Waals surface area contributed by atoms with Gasteiger partial charge in [-0.2, -0.15) is 5.26 Å². The Bertz CT molecular complexity index is 386. The van der Waals surface area contributed by atoms with Crippen molar-refractivity contribution < 1.29 is 4.79 Å². The van der Waals surface area contributed by atoms with Gasteiger partial charge in [0.15, 0.2) is 0 Å². The highest BCUT2D eigenvalue weighted by molar-refractivity contribution is 5.97. The standard InChI is InChI=1S/C12H17N3O/c1-12(2)7-6-10(15-12)5-4-9(8-13)11(16)14-3/h4-5,15H,6-7H2,1-3H3,(H,14,16)/b9-4-,10-5-. The largest absolute Gasteiger partial charge is 0.383 e. The van der Waals surface area contributed by atoms with Gasteiger partial charge in [-0.25, -0.2) is 0 Å². The maximum Gasteiger partial charge on any atom is 0.261 e. The molecule has 1 saturated heterocycles. The first-order valence-corrected chi connectivity index (χ1v) is 5.30. The molecule has 0 atom stereocenters. The third kappa shape index (κ3) is 3.13. The number of hydrogen-bond donors (Lipinski definition) is 2. The van der Waals surface area contributed by atoms with Gasteiger partial charge in [-0.05, 0) is 38.8 Å². The van der Waals surface area contributed by atoms with Crippen molar-refractivity contribution in [3.8, 4) is 6.07 Å². The number of allylic oxidation sites excluding steroid dienone is 3. The number of nitrogens with one attached hydrogen (secondary N) is 2. The van der Waals surface area contributed by atoms with Gasteiger partial charge in [0.05, 0.1) is 0 Å². The number of nitriles is 1. The second-order valence-electron chi connectivity index (χ2n) is 4.47. The fraction of sp³-hybridized carbons (Fsp3) is 0.500. The van der Waals surface area contributed by atoms with Crippen molar-refractivity contribution in [2.24, 2.45) is 0 Å². The van der Waals surface area contributed by atoms with Crippen molar-refractivity contribution in [2.45, 2.75) is 32.2 Å².